The summed E-state index contributed by atoms with van der Waals surface area (Å²) in [4.78, 5) is 12.3. The summed E-state index contributed by atoms with van der Waals surface area (Å²) in [5.74, 6) is 0.912. The van der Waals surface area contributed by atoms with Gasteiger partial charge in [-0.05, 0) is 37.0 Å². The molecule has 1 N–H and O–H groups in total. The number of nitrogens with zero attached hydrogens (tertiary/aromatic N) is 2. The van der Waals surface area contributed by atoms with E-state index >= 15 is 0 Å². The molecule has 0 saturated carbocycles. The largest absolute Gasteiger partial charge is 0.469 e. The maximum Gasteiger partial charge on any atom is 0.220 e. The van der Waals surface area contributed by atoms with E-state index in [0.29, 0.717) is 12.8 Å². The van der Waals surface area contributed by atoms with Gasteiger partial charge in [-0.15, -0.1) is 0 Å². The number of aromatic nitrogens is 2. The van der Waals surface area contributed by atoms with E-state index in [-0.39, 0.29) is 11.9 Å². The lowest BCUT2D eigenvalue weighted by molar-refractivity contribution is -0.122. The van der Waals surface area contributed by atoms with Gasteiger partial charge in [0, 0.05) is 24.1 Å². The summed E-state index contributed by atoms with van der Waals surface area (Å²) < 4.78 is 7.37. The summed E-state index contributed by atoms with van der Waals surface area (Å²) in [6, 6.07) is 14.2. The first kappa shape index (κ1) is 16.6. The van der Waals surface area contributed by atoms with Crippen molar-refractivity contribution in [2.75, 3.05) is 0 Å². The van der Waals surface area contributed by atoms with E-state index in [4.69, 9.17) is 4.42 Å². The summed E-state index contributed by atoms with van der Waals surface area (Å²) in [6.07, 6.45) is 7.69. The van der Waals surface area contributed by atoms with Gasteiger partial charge in [0.15, 0.2) is 0 Å². The molecule has 2 heterocycles. The highest BCUT2D eigenvalue weighted by molar-refractivity contribution is 5.76. The van der Waals surface area contributed by atoms with Crippen LogP contribution in [0.25, 0.3) is 0 Å². The minimum absolute atomic E-state index is 0.0624. The van der Waals surface area contributed by atoms with Crippen LogP contribution in [0.1, 0.15) is 47.9 Å². The number of furan rings is 1. The summed E-state index contributed by atoms with van der Waals surface area (Å²) in [6.45, 7) is 0.773. The zero-order valence-electron chi connectivity index (χ0n) is 14.7. The number of amides is 1. The summed E-state index contributed by atoms with van der Waals surface area (Å²) in [5.41, 5.74) is 3.65. The van der Waals surface area contributed by atoms with Gasteiger partial charge < -0.3 is 9.73 Å². The monoisotopic (exact) mass is 349 g/mol. The molecule has 5 nitrogen and oxygen atoms in total. The third kappa shape index (κ3) is 3.72. The Balaban J connectivity index is 1.41. The Hall–Kier alpha value is -2.82. The molecule has 4 rings (SSSR count). The molecule has 3 aromatic rings. The highest BCUT2D eigenvalue weighted by Gasteiger charge is 2.25. The highest BCUT2D eigenvalue weighted by atomic mass is 16.3. The molecule has 1 aliphatic carbocycles. The molecule has 0 bridgehead atoms. The Labute approximate surface area is 153 Å². The lowest BCUT2D eigenvalue weighted by atomic mass is 9.92. The minimum Gasteiger partial charge on any atom is -0.469 e. The van der Waals surface area contributed by atoms with E-state index in [9.17, 15) is 4.79 Å². The van der Waals surface area contributed by atoms with E-state index in [1.165, 1.54) is 16.8 Å². The average molecular weight is 349 g/mol. The first-order valence-corrected chi connectivity index (χ1v) is 9.20. The van der Waals surface area contributed by atoms with Gasteiger partial charge in [-0.2, -0.15) is 5.10 Å². The fraction of sp³-hybridized carbons (Fsp3) is 0.333. The maximum atomic E-state index is 12.3. The predicted octanol–water partition coefficient (Wildman–Crippen LogP) is 3.65. The number of aryl methyl sites for hydroxylation is 1. The van der Waals surface area contributed by atoms with Gasteiger partial charge >= 0.3 is 0 Å². The second kappa shape index (κ2) is 7.60. The zero-order chi connectivity index (χ0) is 17.8. The fourth-order valence-electron chi connectivity index (χ4n) is 3.62. The molecule has 5 heteroatoms. The van der Waals surface area contributed by atoms with Crippen LogP contribution in [0.2, 0.25) is 0 Å². The van der Waals surface area contributed by atoms with Crippen molar-refractivity contribution < 1.29 is 9.21 Å². The molecule has 0 spiro atoms. The Kier molecular flexibility index (Phi) is 4.86. The quantitative estimate of drug-likeness (QED) is 0.739. The van der Waals surface area contributed by atoms with Gasteiger partial charge in [0.05, 0.1) is 25.0 Å². The normalized spacial score (nSPS) is 16.2. The molecule has 26 heavy (non-hydrogen) atoms. The summed E-state index contributed by atoms with van der Waals surface area (Å²) in [5, 5.41) is 7.77. The van der Waals surface area contributed by atoms with Crippen LogP contribution in [-0.4, -0.2) is 15.7 Å². The van der Waals surface area contributed by atoms with Crippen molar-refractivity contribution in [2.45, 2.75) is 44.7 Å². The number of hydrogen-bond donors (Lipinski definition) is 1. The van der Waals surface area contributed by atoms with E-state index in [2.05, 4.69) is 27.2 Å². The van der Waals surface area contributed by atoms with Crippen molar-refractivity contribution >= 4 is 5.91 Å². The molecule has 2 aromatic heterocycles. The molecule has 1 aromatic carbocycles. The second-order valence-corrected chi connectivity index (χ2v) is 6.78. The summed E-state index contributed by atoms with van der Waals surface area (Å²) >= 11 is 0. The van der Waals surface area contributed by atoms with Crippen molar-refractivity contribution in [3.8, 4) is 0 Å². The van der Waals surface area contributed by atoms with Crippen LogP contribution < -0.4 is 5.32 Å². The average Bonchev–Trinajstić information content (AvgIpc) is 3.32. The van der Waals surface area contributed by atoms with Gasteiger partial charge in [0.2, 0.25) is 5.91 Å². The van der Waals surface area contributed by atoms with Gasteiger partial charge in [-0.1, -0.05) is 30.3 Å². The number of fused-ring (bicyclic) bond motifs is 1. The topological polar surface area (TPSA) is 60.1 Å². The first-order chi connectivity index (χ1) is 12.8. The molecule has 0 aliphatic heterocycles. The molecule has 0 saturated heterocycles. The maximum absolute atomic E-state index is 12.3. The Morgan fingerprint density at radius 2 is 2.12 bits per heavy atom. The lowest BCUT2D eigenvalue weighted by Gasteiger charge is -2.24. The van der Waals surface area contributed by atoms with Crippen molar-refractivity contribution in [1.29, 1.82) is 0 Å². The predicted molar refractivity (Wildman–Crippen MR) is 98.6 cm³/mol. The molecule has 0 radical (unpaired) electrons. The molecule has 0 fully saturated rings. The fourth-order valence-corrected chi connectivity index (χ4v) is 3.62. The number of hydrogen-bond acceptors (Lipinski definition) is 3. The highest BCUT2D eigenvalue weighted by Crippen LogP contribution is 2.30. The molecule has 1 amide bonds. The van der Waals surface area contributed by atoms with Crippen LogP contribution in [0.4, 0.5) is 0 Å². The van der Waals surface area contributed by atoms with Crippen molar-refractivity contribution in [2.24, 2.45) is 0 Å². The van der Waals surface area contributed by atoms with Gasteiger partial charge in [-0.25, -0.2) is 0 Å². The van der Waals surface area contributed by atoms with Gasteiger partial charge in [0.1, 0.15) is 5.76 Å². The zero-order valence-corrected chi connectivity index (χ0v) is 14.7. The van der Waals surface area contributed by atoms with E-state index < -0.39 is 0 Å². The lowest BCUT2D eigenvalue weighted by Crippen LogP contribution is -2.31. The van der Waals surface area contributed by atoms with Crippen LogP contribution in [0, 0.1) is 0 Å². The Bertz CT molecular complexity index is 853. The Morgan fingerprint density at radius 3 is 2.92 bits per heavy atom. The smallest absolute Gasteiger partial charge is 0.220 e. The van der Waals surface area contributed by atoms with Crippen LogP contribution in [0.5, 0.6) is 0 Å². The molecular weight excluding hydrogens is 326 g/mol. The van der Waals surface area contributed by atoms with Crippen molar-refractivity contribution in [3.05, 3.63) is 77.5 Å². The number of nitrogens with one attached hydrogen (secondary N) is 1. The SMILES string of the molecule is O=C(CCc1ccco1)N[C@@H]1CCCc2c1cnn2Cc1ccccc1. The third-order valence-electron chi connectivity index (χ3n) is 4.95. The van der Waals surface area contributed by atoms with Crippen LogP contribution in [0.3, 0.4) is 0 Å². The molecule has 1 aliphatic rings. The standard InChI is InChI=1S/C21H23N3O2/c25-21(12-11-17-8-5-13-26-17)23-19-9-4-10-20-18(19)14-22-24(20)15-16-6-2-1-3-7-16/h1-3,5-8,13-14,19H,4,9-12,15H2,(H,23,25)/t19-/m1/s1. The van der Waals surface area contributed by atoms with Crippen LogP contribution in [-0.2, 0) is 24.2 Å². The third-order valence-corrected chi connectivity index (χ3v) is 4.95. The summed E-state index contributed by atoms with van der Waals surface area (Å²) in [7, 11) is 0. The van der Waals surface area contributed by atoms with Crippen molar-refractivity contribution in [3.63, 3.8) is 0 Å². The van der Waals surface area contributed by atoms with Gasteiger partial charge in [0.25, 0.3) is 0 Å². The van der Waals surface area contributed by atoms with E-state index in [1.807, 2.05) is 36.5 Å². The number of rotatable bonds is 6. The Morgan fingerprint density at radius 1 is 1.23 bits per heavy atom. The molecule has 134 valence electrons. The first-order valence-electron chi connectivity index (χ1n) is 9.20. The minimum atomic E-state index is 0.0624. The van der Waals surface area contributed by atoms with Crippen LogP contribution in [0.15, 0.2) is 59.3 Å². The van der Waals surface area contributed by atoms with Crippen molar-refractivity contribution in [1.82, 2.24) is 15.1 Å². The van der Waals surface area contributed by atoms with E-state index in [0.717, 1.165) is 31.6 Å². The second-order valence-electron chi connectivity index (χ2n) is 6.78. The number of carbonyl (C=O) groups excluding carboxylic acids is 1. The van der Waals surface area contributed by atoms with Crippen LogP contribution >= 0.6 is 0 Å². The number of benzene rings is 1. The molecule has 1 atom stereocenters. The van der Waals surface area contributed by atoms with E-state index in [1.54, 1.807) is 6.26 Å². The van der Waals surface area contributed by atoms with Gasteiger partial charge in [-0.3, -0.25) is 9.48 Å². The number of carbonyl (C=O) groups is 1. The molecular formula is C21H23N3O2. The molecule has 0 unspecified atom stereocenters.